The van der Waals surface area contributed by atoms with E-state index in [0.717, 1.165) is 37.3 Å². The first kappa shape index (κ1) is 14.8. The summed E-state index contributed by atoms with van der Waals surface area (Å²) in [4.78, 5) is 9.65. The minimum atomic E-state index is 0.701. The lowest BCUT2D eigenvalue weighted by atomic mass is 10.1. The number of hydrogen-bond acceptors (Lipinski definition) is 3. The zero-order chi connectivity index (χ0) is 13.8. The summed E-state index contributed by atoms with van der Waals surface area (Å²) in [5, 5.41) is 0.878. The topological polar surface area (TPSA) is 19.4 Å². The molecule has 0 N–H and O–H groups in total. The predicted molar refractivity (Wildman–Crippen MR) is 85.1 cm³/mol. The van der Waals surface area contributed by atoms with E-state index < -0.39 is 0 Å². The van der Waals surface area contributed by atoms with Crippen LogP contribution in [0.1, 0.15) is 31.4 Å². The van der Waals surface area contributed by atoms with Crippen molar-refractivity contribution >= 4 is 21.7 Å². The van der Waals surface area contributed by atoms with Gasteiger partial charge in [-0.15, -0.1) is 0 Å². The van der Waals surface area contributed by atoms with Gasteiger partial charge < -0.3 is 4.90 Å². The Morgan fingerprint density at radius 3 is 2.53 bits per heavy atom. The highest BCUT2D eigenvalue weighted by Crippen LogP contribution is 2.21. The maximum Gasteiger partial charge on any atom is 0.131 e. The molecule has 1 aromatic heterocycles. The van der Waals surface area contributed by atoms with Crippen LogP contribution in [-0.2, 0) is 5.33 Å². The first-order valence-electron chi connectivity index (χ1n) is 7.16. The van der Waals surface area contributed by atoms with Crippen LogP contribution in [0.15, 0.2) is 12.3 Å². The van der Waals surface area contributed by atoms with Crippen LogP contribution in [0.4, 0.5) is 5.82 Å². The van der Waals surface area contributed by atoms with Crippen molar-refractivity contribution in [3.63, 3.8) is 0 Å². The van der Waals surface area contributed by atoms with Gasteiger partial charge in [-0.1, -0.05) is 28.9 Å². The Balaban J connectivity index is 2.01. The Labute approximate surface area is 125 Å². The number of nitrogens with zero attached hydrogens (tertiary/aromatic N) is 3. The van der Waals surface area contributed by atoms with Gasteiger partial charge in [-0.2, -0.15) is 0 Å². The smallest absolute Gasteiger partial charge is 0.131 e. The molecule has 106 valence electrons. The molecule has 2 heterocycles. The number of halogens is 1. The van der Waals surface area contributed by atoms with E-state index in [9.17, 15) is 0 Å². The molecule has 1 aromatic rings. The fourth-order valence-electron chi connectivity index (χ4n) is 2.66. The molecule has 4 heteroatoms. The highest BCUT2D eigenvalue weighted by atomic mass is 79.9. The van der Waals surface area contributed by atoms with Crippen LogP contribution in [0.5, 0.6) is 0 Å². The Morgan fingerprint density at radius 1 is 1.32 bits per heavy atom. The number of alkyl halides is 1. The third kappa shape index (κ3) is 3.48. The Hall–Kier alpha value is -0.610. The molecule has 1 aliphatic heterocycles. The van der Waals surface area contributed by atoms with E-state index in [1.807, 2.05) is 6.20 Å². The average molecular weight is 326 g/mol. The van der Waals surface area contributed by atoms with Crippen LogP contribution < -0.4 is 4.90 Å². The molecule has 1 fully saturated rings. The molecule has 3 nitrogen and oxygen atoms in total. The van der Waals surface area contributed by atoms with Crippen LogP contribution in [-0.4, -0.2) is 42.1 Å². The normalized spacial score (nSPS) is 18.6. The molecule has 0 saturated carbocycles. The molecule has 0 bridgehead atoms. The van der Waals surface area contributed by atoms with E-state index >= 15 is 0 Å². The molecule has 19 heavy (non-hydrogen) atoms. The maximum atomic E-state index is 4.64. The Morgan fingerprint density at radius 2 is 2.00 bits per heavy atom. The van der Waals surface area contributed by atoms with Gasteiger partial charge in [-0.05, 0) is 31.4 Å². The summed E-state index contributed by atoms with van der Waals surface area (Å²) in [5.41, 5.74) is 2.54. The van der Waals surface area contributed by atoms with E-state index in [0.29, 0.717) is 6.04 Å². The number of aryl methyl sites for hydroxylation is 1. The quantitative estimate of drug-likeness (QED) is 0.792. The lowest BCUT2D eigenvalue weighted by Gasteiger charge is -2.38. The molecule has 0 spiro atoms. The second-order valence-corrected chi connectivity index (χ2v) is 5.96. The van der Waals surface area contributed by atoms with Gasteiger partial charge in [0.2, 0.25) is 0 Å². The van der Waals surface area contributed by atoms with Gasteiger partial charge in [0.15, 0.2) is 0 Å². The summed E-state index contributed by atoms with van der Waals surface area (Å²) in [6.07, 6.45) is 3.22. The van der Waals surface area contributed by atoms with Gasteiger partial charge in [-0.3, -0.25) is 4.90 Å². The van der Waals surface area contributed by atoms with Gasteiger partial charge in [0.05, 0.1) is 0 Å². The SMILES string of the molecule is CCC(C)N1CCN(c2ncc(CBr)cc2C)CC1. The molecule has 1 unspecified atom stereocenters. The molecule has 0 radical (unpaired) electrons. The largest absolute Gasteiger partial charge is 0.354 e. The summed E-state index contributed by atoms with van der Waals surface area (Å²) in [7, 11) is 0. The summed E-state index contributed by atoms with van der Waals surface area (Å²) in [5.74, 6) is 1.16. The monoisotopic (exact) mass is 325 g/mol. The van der Waals surface area contributed by atoms with E-state index in [-0.39, 0.29) is 0 Å². The molecule has 0 amide bonds. The molecule has 1 atom stereocenters. The standard InChI is InChI=1S/C15H24BrN3/c1-4-13(3)18-5-7-19(8-6-18)15-12(2)9-14(10-16)11-17-15/h9,11,13H,4-8,10H2,1-3H3. The van der Waals surface area contributed by atoms with Crippen molar-refractivity contribution < 1.29 is 0 Å². The zero-order valence-corrected chi connectivity index (χ0v) is 13.8. The van der Waals surface area contributed by atoms with Gasteiger partial charge in [-0.25, -0.2) is 4.98 Å². The average Bonchev–Trinajstić information content (AvgIpc) is 2.46. The third-order valence-electron chi connectivity index (χ3n) is 4.09. The van der Waals surface area contributed by atoms with E-state index in [1.54, 1.807) is 0 Å². The van der Waals surface area contributed by atoms with Crippen molar-refractivity contribution in [1.82, 2.24) is 9.88 Å². The number of hydrogen-bond donors (Lipinski definition) is 0. The van der Waals surface area contributed by atoms with E-state index in [1.165, 1.54) is 17.5 Å². The summed E-state index contributed by atoms with van der Waals surface area (Å²) >= 11 is 3.48. The van der Waals surface area contributed by atoms with Crippen molar-refractivity contribution in [2.24, 2.45) is 0 Å². The van der Waals surface area contributed by atoms with Crippen molar-refractivity contribution in [1.29, 1.82) is 0 Å². The molecular weight excluding hydrogens is 302 g/mol. The van der Waals surface area contributed by atoms with Gasteiger partial charge in [0.25, 0.3) is 0 Å². The highest BCUT2D eigenvalue weighted by molar-refractivity contribution is 9.08. The minimum absolute atomic E-state index is 0.701. The third-order valence-corrected chi connectivity index (χ3v) is 4.74. The second-order valence-electron chi connectivity index (χ2n) is 5.40. The zero-order valence-electron chi connectivity index (χ0n) is 12.2. The first-order chi connectivity index (χ1) is 9.15. The Bertz CT molecular complexity index is 414. The molecule has 2 rings (SSSR count). The van der Waals surface area contributed by atoms with Crippen molar-refractivity contribution in [2.45, 2.75) is 38.6 Å². The highest BCUT2D eigenvalue weighted by Gasteiger charge is 2.21. The summed E-state index contributed by atoms with van der Waals surface area (Å²) in [6.45, 7) is 11.2. The fourth-order valence-corrected chi connectivity index (χ4v) is 2.97. The van der Waals surface area contributed by atoms with Gasteiger partial charge in [0, 0.05) is 43.7 Å². The van der Waals surface area contributed by atoms with Crippen LogP contribution in [0.3, 0.4) is 0 Å². The lowest BCUT2D eigenvalue weighted by Crippen LogP contribution is -2.49. The first-order valence-corrected chi connectivity index (χ1v) is 8.28. The molecule has 0 aliphatic carbocycles. The number of pyridine rings is 1. The minimum Gasteiger partial charge on any atom is -0.354 e. The molecule has 1 aliphatic rings. The second kappa shape index (κ2) is 6.71. The van der Waals surface area contributed by atoms with Gasteiger partial charge >= 0.3 is 0 Å². The van der Waals surface area contributed by atoms with Crippen molar-refractivity contribution in [3.05, 3.63) is 23.4 Å². The summed E-state index contributed by atoms with van der Waals surface area (Å²) < 4.78 is 0. The number of aromatic nitrogens is 1. The lowest BCUT2D eigenvalue weighted by molar-refractivity contribution is 0.192. The molecule has 0 aromatic carbocycles. The molecule has 1 saturated heterocycles. The predicted octanol–water partition coefficient (Wildman–Crippen LogP) is 3.21. The molecular formula is C15H24BrN3. The van der Waals surface area contributed by atoms with Crippen LogP contribution >= 0.6 is 15.9 Å². The van der Waals surface area contributed by atoms with Gasteiger partial charge in [0.1, 0.15) is 5.82 Å². The van der Waals surface area contributed by atoms with E-state index in [2.05, 4.69) is 57.6 Å². The van der Waals surface area contributed by atoms with Crippen molar-refractivity contribution in [2.75, 3.05) is 31.1 Å². The van der Waals surface area contributed by atoms with E-state index in [4.69, 9.17) is 0 Å². The van der Waals surface area contributed by atoms with Crippen LogP contribution in [0.25, 0.3) is 0 Å². The fraction of sp³-hybridized carbons (Fsp3) is 0.667. The van der Waals surface area contributed by atoms with Crippen LogP contribution in [0.2, 0.25) is 0 Å². The Kier molecular flexibility index (Phi) is 5.22. The van der Waals surface area contributed by atoms with Crippen LogP contribution in [0, 0.1) is 6.92 Å². The maximum absolute atomic E-state index is 4.64. The number of piperazine rings is 1. The van der Waals surface area contributed by atoms with Crippen molar-refractivity contribution in [3.8, 4) is 0 Å². The number of rotatable bonds is 4. The summed E-state index contributed by atoms with van der Waals surface area (Å²) in [6, 6.07) is 2.94. The number of anilines is 1.